The van der Waals surface area contributed by atoms with Gasteiger partial charge in [0.2, 0.25) is 0 Å². The van der Waals surface area contributed by atoms with Crippen LogP contribution in [0.3, 0.4) is 0 Å². The molecule has 42 heavy (non-hydrogen) atoms. The van der Waals surface area contributed by atoms with E-state index in [0.29, 0.717) is 36.6 Å². The summed E-state index contributed by atoms with van der Waals surface area (Å²) in [5, 5.41) is 11.1. The molecule has 0 aliphatic carbocycles. The van der Waals surface area contributed by atoms with Gasteiger partial charge < -0.3 is 30.9 Å². The van der Waals surface area contributed by atoms with Crippen molar-refractivity contribution in [1.29, 1.82) is 0 Å². The average Bonchev–Trinajstić information content (AvgIpc) is 3.44. The lowest BCUT2D eigenvalue weighted by Gasteiger charge is -2.42. The molecule has 0 atom stereocenters. The summed E-state index contributed by atoms with van der Waals surface area (Å²) in [6.07, 6.45) is 5.80. The minimum atomic E-state index is -0.647. The number of nitrogens with one attached hydrogen (secondary N) is 2. The van der Waals surface area contributed by atoms with E-state index in [1.54, 1.807) is 10.9 Å². The van der Waals surface area contributed by atoms with E-state index in [0.717, 1.165) is 50.4 Å². The summed E-state index contributed by atoms with van der Waals surface area (Å²) in [6.45, 7) is 8.16. The molecule has 0 saturated carbocycles. The fraction of sp³-hybridized carbons (Fsp3) is 0.533. The number of rotatable bonds is 8. The molecule has 0 radical (unpaired) electrons. The number of anilines is 4. The maximum atomic E-state index is 12.5. The zero-order valence-corrected chi connectivity index (χ0v) is 24.6. The number of aromatic nitrogens is 4. The van der Waals surface area contributed by atoms with Crippen LogP contribution in [0.1, 0.15) is 36.2 Å². The van der Waals surface area contributed by atoms with E-state index in [1.807, 2.05) is 25.2 Å². The topological polar surface area (TPSA) is 130 Å². The first-order valence-electron chi connectivity index (χ1n) is 15.0. The zero-order valence-electron chi connectivity index (χ0n) is 24.6. The second-order valence-corrected chi connectivity index (χ2v) is 11.6. The van der Waals surface area contributed by atoms with E-state index in [9.17, 15) is 4.79 Å². The zero-order chi connectivity index (χ0) is 29.1. The molecule has 12 nitrogen and oxygen atoms in total. The van der Waals surface area contributed by atoms with E-state index in [-0.39, 0.29) is 11.7 Å². The van der Waals surface area contributed by atoms with Gasteiger partial charge in [0.15, 0.2) is 17.3 Å². The Kier molecular flexibility index (Phi) is 8.54. The largest absolute Gasteiger partial charge is 0.381 e. The third-order valence-corrected chi connectivity index (χ3v) is 8.77. The molecule has 0 unspecified atom stereocenters. The Bertz CT molecular complexity index is 1350. The highest BCUT2D eigenvalue weighted by Crippen LogP contribution is 2.31. The lowest BCUT2D eigenvalue weighted by Crippen LogP contribution is -2.52. The van der Waals surface area contributed by atoms with Crippen molar-refractivity contribution in [1.82, 2.24) is 29.5 Å². The van der Waals surface area contributed by atoms with Crippen molar-refractivity contribution in [2.45, 2.75) is 37.8 Å². The number of piperazine rings is 1. The Morgan fingerprint density at radius 3 is 2.26 bits per heavy atom. The predicted octanol–water partition coefficient (Wildman–Crippen LogP) is 2.53. The highest BCUT2D eigenvalue weighted by Gasteiger charge is 2.27. The fourth-order valence-corrected chi connectivity index (χ4v) is 6.18. The van der Waals surface area contributed by atoms with Gasteiger partial charge >= 0.3 is 0 Å². The van der Waals surface area contributed by atoms with Crippen molar-refractivity contribution in [2.24, 2.45) is 12.8 Å². The van der Waals surface area contributed by atoms with Gasteiger partial charge in [-0.3, -0.25) is 14.4 Å². The Balaban J connectivity index is 1.18. The van der Waals surface area contributed by atoms with Crippen molar-refractivity contribution < 1.29 is 9.53 Å². The van der Waals surface area contributed by atoms with Crippen LogP contribution < -0.4 is 21.3 Å². The van der Waals surface area contributed by atoms with E-state index in [4.69, 9.17) is 20.4 Å². The molecule has 6 rings (SSSR count). The predicted molar refractivity (Wildman–Crippen MR) is 164 cm³/mol. The summed E-state index contributed by atoms with van der Waals surface area (Å²) >= 11 is 0. The number of aryl methyl sites for hydroxylation is 1. The number of piperidine rings is 1. The molecular formula is C30H42N10O2. The molecular weight excluding hydrogens is 532 g/mol. The van der Waals surface area contributed by atoms with Gasteiger partial charge in [0.25, 0.3) is 5.91 Å². The number of likely N-dealkylation sites (N-methyl/N-ethyl adjacent to an activating group) is 1. The number of amides is 1. The van der Waals surface area contributed by atoms with Crippen molar-refractivity contribution in [3.05, 3.63) is 42.2 Å². The van der Waals surface area contributed by atoms with Crippen LogP contribution in [0, 0.1) is 0 Å². The first kappa shape index (κ1) is 28.4. The Labute approximate surface area is 247 Å². The van der Waals surface area contributed by atoms with Crippen LogP contribution in [0.4, 0.5) is 23.0 Å². The summed E-state index contributed by atoms with van der Waals surface area (Å²) in [7, 11) is 4.04. The van der Waals surface area contributed by atoms with Crippen molar-refractivity contribution in [3.63, 3.8) is 0 Å². The summed E-state index contributed by atoms with van der Waals surface area (Å²) in [4.78, 5) is 29.7. The van der Waals surface area contributed by atoms with Crippen LogP contribution >= 0.6 is 0 Å². The van der Waals surface area contributed by atoms with Gasteiger partial charge in [-0.15, -0.1) is 0 Å². The van der Waals surface area contributed by atoms with Crippen LogP contribution in [0.5, 0.6) is 0 Å². The van der Waals surface area contributed by atoms with Crippen LogP contribution in [-0.4, -0.2) is 107 Å². The molecule has 0 spiro atoms. The average molecular weight is 575 g/mol. The summed E-state index contributed by atoms with van der Waals surface area (Å²) in [5.41, 5.74) is 9.18. The molecule has 2 aromatic heterocycles. The van der Waals surface area contributed by atoms with E-state index in [2.05, 4.69) is 49.6 Å². The van der Waals surface area contributed by atoms with E-state index < -0.39 is 5.91 Å². The third-order valence-electron chi connectivity index (χ3n) is 8.77. The minimum absolute atomic E-state index is 0.0822. The number of ether oxygens (including phenoxy) is 1. The Morgan fingerprint density at radius 2 is 1.62 bits per heavy atom. The molecule has 3 fully saturated rings. The second kappa shape index (κ2) is 12.6. The molecule has 3 aromatic rings. The Hall–Kier alpha value is -3.74. The number of carbonyl (C=O) groups is 1. The summed E-state index contributed by atoms with van der Waals surface area (Å²) in [5.74, 6) is 0.257. The molecule has 224 valence electrons. The lowest BCUT2D eigenvalue weighted by molar-refractivity contribution is 0.0904. The maximum Gasteiger partial charge on any atom is 0.271 e. The molecule has 0 bridgehead atoms. The van der Waals surface area contributed by atoms with Gasteiger partial charge in [-0.25, -0.2) is 9.97 Å². The molecule has 5 heterocycles. The highest BCUT2D eigenvalue weighted by atomic mass is 16.5. The quantitative estimate of drug-likeness (QED) is 0.369. The first-order valence-corrected chi connectivity index (χ1v) is 15.0. The molecule has 12 heteroatoms. The van der Waals surface area contributed by atoms with Gasteiger partial charge in [-0.1, -0.05) is 0 Å². The van der Waals surface area contributed by atoms with E-state index >= 15 is 0 Å². The number of nitrogens with two attached hydrogens (primary N) is 1. The van der Waals surface area contributed by atoms with Gasteiger partial charge in [0.1, 0.15) is 5.69 Å². The minimum Gasteiger partial charge on any atom is -0.381 e. The van der Waals surface area contributed by atoms with Gasteiger partial charge in [0, 0.05) is 89.2 Å². The lowest BCUT2D eigenvalue weighted by atomic mass is 10.0. The third kappa shape index (κ3) is 6.35. The van der Waals surface area contributed by atoms with Gasteiger partial charge in [-0.05, 0) is 63.1 Å². The Morgan fingerprint density at radius 1 is 0.905 bits per heavy atom. The summed E-state index contributed by atoms with van der Waals surface area (Å²) < 4.78 is 7.24. The standard InChI is InChI=1S/C30H42N10O2/c1-37-15-17-40(18-16-37)24-8-13-39(14-9-24)23-5-3-21(4-6-23)33-30-27(28(31)41)35-26(25-7-12-32-38(25)2)29(36-30)34-22-10-19-42-20-11-22/h3-7,12,22,24H,8-11,13-20H2,1-2H3,(H2,31,41)(H2,33,34,36). The summed E-state index contributed by atoms with van der Waals surface area (Å²) in [6, 6.07) is 11.0. The second-order valence-electron chi connectivity index (χ2n) is 11.6. The number of carbonyl (C=O) groups excluding carboxylic acids is 1. The highest BCUT2D eigenvalue weighted by molar-refractivity contribution is 5.97. The monoisotopic (exact) mass is 574 g/mol. The number of hydrogen-bond donors (Lipinski definition) is 3. The van der Waals surface area contributed by atoms with Gasteiger partial charge in [0.05, 0.1) is 5.69 Å². The molecule has 1 aromatic carbocycles. The number of primary amides is 1. The normalized spacial score (nSPS) is 19.6. The number of nitrogens with zero attached hydrogens (tertiary/aromatic N) is 7. The molecule has 1 amide bonds. The number of benzene rings is 1. The van der Waals surface area contributed by atoms with Gasteiger partial charge in [-0.2, -0.15) is 5.10 Å². The number of hydrogen-bond acceptors (Lipinski definition) is 10. The van der Waals surface area contributed by atoms with Crippen LogP contribution in [0.2, 0.25) is 0 Å². The van der Waals surface area contributed by atoms with E-state index in [1.165, 1.54) is 31.6 Å². The SMILES string of the molecule is CN1CCN(C2CCN(c3ccc(Nc4nc(NC5CCOCC5)c(-c5ccnn5C)nc4C(N)=O)cc3)CC2)CC1. The molecule has 3 aliphatic heterocycles. The van der Waals surface area contributed by atoms with Crippen LogP contribution in [-0.2, 0) is 11.8 Å². The maximum absolute atomic E-state index is 12.5. The molecule has 3 aliphatic rings. The van der Waals surface area contributed by atoms with Crippen molar-refractivity contribution >= 4 is 28.9 Å². The molecule has 3 saturated heterocycles. The van der Waals surface area contributed by atoms with Crippen LogP contribution in [0.15, 0.2) is 36.5 Å². The smallest absolute Gasteiger partial charge is 0.271 e. The van der Waals surface area contributed by atoms with Crippen molar-refractivity contribution in [2.75, 3.05) is 75.1 Å². The molecule has 4 N–H and O–H groups in total. The first-order chi connectivity index (χ1) is 20.4. The fourth-order valence-electron chi connectivity index (χ4n) is 6.18. The van der Waals surface area contributed by atoms with Crippen LogP contribution in [0.25, 0.3) is 11.4 Å². The van der Waals surface area contributed by atoms with Crippen molar-refractivity contribution in [3.8, 4) is 11.4 Å².